The Morgan fingerprint density at radius 3 is 2.31 bits per heavy atom. The molecule has 0 aliphatic heterocycles. The molecular formula is C6H10N3OP3. The Labute approximate surface area is 80.8 Å². The van der Waals surface area contributed by atoms with Crippen molar-refractivity contribution in [2.24, 2.45) is 0 Å². The molecule has 0 saturated heterocycles. The molecule has 0 radical (unpaired) electrons. The summed E-state index contributed by atoms with van der Waals surface area (Å²) in [6.07, 6.45) is 0. The van der Waals surface area contributed by atoms with Gasteiger partial charge < -0.3 is 14.1 Å². The smallest absolute Gasteiger partial charge is 0.138 e. The number of benzene rings is 1. The minimum atomic E-state index is 0.322. The van der Waals surface area contributed by atoms with E-state index in [0.717, 1.165) is 8.51 Å². The van der Waals surface area contributed by atoms with Gasteiger partial charge in [-0.25, -0.2) is 0 Å². The van der Waals surface area contributed by atoms with Crippen LogP contribution in [-0.2, 0) is 0 Å². The first kappa shape index (κ1) is 10.4. The first-order valence-corrected chi connectivity index (χ1v) is 6.33. The van der Waals surface area contributed by atoms with Crippen LogP contribution in [-0.4, -0.2) is 18.6 Å². The Bertz CT molecular complexity index is 294. The number of nitrogens with zero attached hydrogens (tertiary/aromatic N) is 1. The van der Waals surface area contributed by atoms with Crippen LogP contribution in [0.2, 0.25) is 0 Å². The SMILES string of the molecule is Oc1ccccc1.n1p[nH][pH][nH][pH]1. The van der Waals surface area contributed by atoms with Crippen molar-refractivity contribution in [3.05, 3.63) is 30.3 Å². The molecule has 1 aromatic carbocycles. The molecule has 2 atom stereocenters. The van der Waals surface area contributed by atoms with Crippen molar-refractivity contribution in [1.82, 2.24) is 13.5 Å². The van der Waals surface area contributed by atoms with Gasteiger partial charge in [-0.1, -0.05) is 18.2 Å². The zero-order valence-corrected chi connectivity index (χ0v) is 9.62. The largest absolute Gasteiger partial charge is 0.508 e. The maximum Gasteiger partial charge on any atom is 0.138 e. The van der Waals surface area contributed by atoms with Crippen molar-refractivity contribution < 1.29 is 5.11 Å². The van der Waals surface area contributed by atoms with Crippen LogP contribution in [0.15, 0.2) is 30.3 Å². The molecule has 2 aromatic rings. The Morgan fingerprint density at radius 2 is 2.08 bits per heavy atom. The van der Waals surface area contributed by atoms with E-state index in [1.807, 2.05) is 6.07 Å². The van der Waals surface area contributed by atoms with Gasteiger partial charge in [0.05, 0.1) is 0 Å². The number of aromatic hydroxyl groups is 1. The van der Waals surface area contributed by atoms with Gasteiger partial charge in [0.2, 0.25) is 0 Å². The number of phenolic OH excluding ortho intramolecular Hbond substituents is 1. The first-order chi connectivity index (χ1) is 6.39. The molecule has 13 heavy (non-hydrogen) atoms. The zero-order valence-electron chi connectivity index (χ0n) is 6.73. The van der Waals surface area contributed by atoms with E-state index in [4.69, 9.17) is 5.11 Å². The molecule has 1 aromatic heterocycles. The number of para-hydroxylation sites is 1. The highest BCUT2D eigenvalue weighted by atomic mass is 31.1. The van der Waals surface area contributed by atoms with E-state index in [1.54, 1.807) is 24.3 Å². The van der Waals surface area contributed by atoms with Gasteiger partial charge in [0.15, 0.2) is 0 Å². The summed E-state index contributed by atoms with van der Waals surface area (Å²) >= 11 is 0. The Kier molecular flexibility index (Phi) is 5.44. The number of rotatable bonds is 0. The lowest BCUT2D eigenvalue weighted by atomic mass is 10.3. The van der Waals surface area contributed by atoms with Crippen LogP contribution in [0.3, 0.4) is 0 Å². The molecular weight excluding hydrogens is 223 g/mol. The van der Waals surface area contributed by atoms with Gasteiger partial charge in [-0.2, -0.15) is 4.51 Å². The Morgan fingerprint density at radius 1 is 1.31 bits per heavy atom. The summed E-state index contributed by atoms with van der Waals surface area (Å²) in [6, 6.07) is 8.71. The minimum Gasteiger partial charge on any atom is -0.508 e. The first-order valence-electron chi connectivity index (χ1n) is 3.53. The van der Waals surface area contributed by atoms with E-state index >= 15 is 0 Å². The number of H-pyrrole nitrogens is 2. The summed E-state index contributed by atoms with van der Waals surface area (Å²) in [6.45, 7) is 0. The zero-order chi connectivity index (χ0) is 9.36. The van der Waals surface area contributed by atoms with E-state index in [1.165, 1.54) is 0 Å². The third-order valence-corrected chi connectivity index (χ3v) is 3.67. The molecule has 0 bridgehead atoms. The fraction of sp³-hybridized carbons (Fsp3) is 0. The van der Waals surface area contributed by atoms with Crippen LogP contribution in [0.1, 0.15) is 0 Å². The van der Waals surface area contributed by atoms with Gasteiger partial charge in [-0.3, -0.25) is 0 Å². The van der Waals surface area contributed by atoms with Crippen LogP contribution < -0.4 is 0 Å². The van der Waals surface area contributed by atoms with E-state index < -0.39 is 0 Å². The summed E-state index contributed by atoms with van der Waals surface area (Å²) in [5.41, 5.74) is 0. The highest BCUT2D eigenvalue weighted by Crippen LogP contribution is 2.02. The highest BCUT2D eigenvalue weighted by molar-refractivity contribution is 7.43. The van der Waals surface area contributed by atoms with Gasteiger partial charge in [0, 0.05) is 17.0 Å². The second-order valence-electron chi connectivity index (χ2n) is 2.01. The summed E-state index contributed by atoms with van der Waals surface area (Å²) in [5, 5.41) is 8.63. The number of hydrogen-bond acceptors (Lipinski definition) is 2. The molecule has 0 aliphatic carbocycles. The standard InChI is InChI=1S/C6H6O.H4N3P3/c7-6-4-2-1-3-5-6;1-4-2-6-3-5-1/h1-5,7H;1,4-5H,(H,2,3). The number of phenols is 1. The molecule has 7 heteroatoms. The molecule has 0 fully saturated rings. The van der Waals surface area contributed by atoms with E-state index in [2.05, 4.69) is 13.5 Å². The third kappa shape index (κ3) is 5.54. The minimum absolute atomic E-state index is 0.322. The second-order valence-corrected chi connectivity index (χ2v) is 5.38. The summed E-state index contributed by atoms with van der Waals surface area (Å²) in [4.78, 5) is 0. The topological polar surface area (TPSA) is 64.7 Å². The lowest BCUT2D eigenvalue weighted by Gasteiger charge is -1.82. The van der Waals surface area contributed by atoms with Gasteiger partial charge >= 0.3 is 0 Å². The van der Waals surface area contributed by atoms with Gasteiger partial charge in [-0.15, -0.1) is 0 Å². The fourth-order valence-corrected chi connectivity index (χ4v) is 3.23. The van der Waals surface area contributed by atoms with E-state index in [9.17, 15) is 0 Å². The molecule has 0 spiro atoms. The average Bonchev–Trinajstić information content (AvgIpc) is 2.22. The normalized spacial score (nSPS) is 10.2. The van der Waals surface area contributed by atoms with Gasteiger partial charge in [0.25, 0.3) is 0 Å². The molecule has 0 amide bonds. The van der Waals surface area contributed by atoms with E-state index in [-0.39, 0.29) is 0 Å². The summed E-state index contributed by atoms with van der Waals surface area (Å²) < 4.78 is 10.0. The van der Waals surface area contributed by atoms with Crippen molar-refractivity contribution in [3.8, 4) is 5.75 Å². The highest BCUT2D eigenvalue weighted by Gasteiger charge is 1.74. The third-order valence-electron chi connectivity index (χ3n) is 1.08. The lowest BCUT2D eigenvalue weighted by Crippen LogP contribution is -1.56. The maximum atomic E-state index is 8.63. The number of aromatic nitrogens is 3. The van der Waals surface area contributed by atoms with Crippen molar-refractivity contribution in [3.63, 3.8) is 0 Å². The molecule has 2 rings (SSSR count). The predicted octanol–water partition coefficient (Wildman–Crippen LogP) is 2.90. The molecule has 1 heterocycles. The molecule has 0 aliphatic rings. The van der Waals surface area contributed by atoms with Crippen LogP contribution in [0.25, 0.3) is 0 Å². The molecule has 4 nitrogen and oxygen atoms in total. The predicted molar refractivity (Wildman–Crippen MR) is 60.2 cm³/mol. The van der Waals surface area contributed by atoms with Crippen molar-refractivity contribution >= 4 is 25.5 Å². The number of nitrogens with one attached hydrogen (secondary N) is 2. The number of aromatic amines is 2. The summed E-state index contributed by atoms with van der Waals surface area (Å²) in [5.74, 6) is 0.322. The van der Waals surface area contributed by atoms with Crippen LogP contribution in [0.4, 0.5) is 0 Å². The number of hydrogen-bond donors (Lipinski definition) is 3. The molecule has 3 N–H and O–H groups in total. The Balaban J connectivity index is 0.000000132. The van der Waals surface area contributed by atoms with Crippen molar-refractivity contribution in [1.29, 1.82) is 0 Å². The van der Waals surface area contributed by atoms with Crippen molar-refractivity contribution in [2.75, 3.05) is 0 Å². The van der Waals surface area contributed by atoms with E-state index in [0.29, 0.717) is 22.8 Å². The maximum absolute atomic E-state index is 8.63. The lowest BCUT2D eigenvalue weighted by molar-refractivity contribution is 0.475. The second kappa shape index (κ2) is 6.80. The van der Waals surface area contributed by atoms with Crippen LogP contribution in [0, 0.1) is 0 Å². The van der Waals surface area contributed by atoms with Gasteiger partial charge in [-0.05, 0) is 12.1 Å². The summed E-state index contributed by atoms with van der Waals surface area (Å²) in [7, 11) is 2.36. The van der Waals surface area contributed by atoms with Crippen LogP contribution in [0.5, 0.6) is 5.75 Å². The quantitative estimate of drug-likeness (QED) is 0.654. The molecule has 0 saturated carbocycles. The van der Waals surface area contributed by atoms with Crippen molar-refractivity contribution in [2.45, 2.75) is 0 Å². The monoisotopic (exact) mass is 233 g/mol. The molecule has 2 unspecified atom stereocenters. The average molecular weight is 233 g/mol. The van der Waals surface area contributed by atoms with Crippen LogP contribution >= 0.6 is 25.5 Å². The van der Waals surface area contributed by atoms with Gasteiger partial charge in [0.1, 0.15) is 14.3 Å². The molecule has 70 valence electrons. The Hall–Kier alpha value is -0.680. The fourth-order valence-electron chi connectivity index (χ4n) is 0.584.